The van der Waals surface area contributed by atoms with Crippen LogP contribution in [-0.2, 0) is 11.2 Å². The van der Waals surface area contributed by atoms with Crippen LogP contribution in [0.25, 0.3) is 11.0 Å². The molecule has 0 aliphatic rings. The maximum absolute atomic E-state index is 13.7. The first-order chi connectivity index (χ1) is 12.4. The highest BCUT2D eigenvalue weighted by atomic mass is 19.1. The molecule has 1 atom stereocenters. The number of hydrogen-bond donors (Lipinski definition) is 2. The summed E-state index contributed by atoms with van der Waals surface area (Å²) in [5, 5.41) is 2.35. The summed E-state index contributed by atoms with van der Waals surface area (Å²) in [7, 11) is 0. The molecule has 6 nitrogen and oxygen atoms in total. The minimum absolute atomic E-state index is 0.0122. The predicted octanol–water partition coefficient (Wildman–Crippen LogP) is 1.73. The number of rotatable bonds is 5. The summed E-state index contributed by atoms with van der Waals surface area (Å²) in [6, 6.07) is 8.57. The number of nitrogens with one attached hydrogen (secondary N) is 1. The Bertz CT molecular complexity index is 994. The summed E-state index contributed by atoms with van der Waals surface area (Å²) in [5.41, 5.74) is 6.69. The third-order valence-corrected chi connectivity index (χ3v) is 3.74. The number of halogens is 2. The van der Waals surface area contributed by atoms with Gasteiger partial charge >= 0.3 is 0 Å². The number of nitrogens with zero attached hydrogens (tertiary/aromatic N) is 2. The van der Waals surface area contributed by atoms with Crippen molar-refractivity contribution < 1.29 is 18.4 Å². The molecule has 132 valence electrons. The Kier molecular flexibility index (Phi) is 4.83. The van der Waals surface area contributed by atoms with Gasteiger partial charge in [-0.15, -0.1) is 0 Å². The zero-order valence-corrected chi connectivity index (χ0v) is 13.4. The van der Waals surface area contributed by atoms with Crippen LogP contribution in [0.2, 0.25) is 0 Å². The fourth-order valence-corrected chi connectivity index (χ4v) is 2.44. The van der Waals surface area contributed by atoms with E-state index in [1.807, 2.05) is 6.07 Å². The van der Waals surface area contributed by atoms with Gasteiger partial charge < -0.3 is 11.1 Å². The fourth-order valence-electron chi connectivity index (χ4n) is 2.44. The van der Waals surface area contributed by atoms with E-state index in [0.717, 1.165) is 12.1 Å². The third kappa shape index (κ3) is 3.80. The molecule has 2 amide bonds. The Balaban J connectivity index is 1.80. The lowest BCUT2D eigenvalue weighted by Gasteiger charge is -2.15. The Morgan fingerprint density at radius 1 is 1.12 bits per heavy atom. The van der Waals surface area contributed by atoms with Crippen LogP contribution in [-0.4, -0.2) is 27.8 Å². The highest BCUT2D eigenvalue weighted by molar-refractivity contribution is 5.97. The molecule has 2 aromatic carbocycles. The van der Waals surface area contributed by atoms with E-state index in [9.17, 15) is 18.4 Å². The molecule has 3 rings (SSSR count). The van der Waals surface area contributed by atoms with Crippen LogP contribution in [0.15, 0.2) is 48.7 Å². The molecule has 0 spiro atoms. The van der Waals surface area contributed by atoms with Crippen LogP contribution in [0.1, 0.15) is 16.1 Å². The fraction of sp³-hybridized carbons (Fsp3) is 0.111. The Morgan fingerprint density at radius 2 is 1.85 bits per heavy atom. The summed E-state index contributed by atoms with van der Waals surface area (Å²) < 4.78 is 26.7. The number of carbonyl (C=O) groups is 2. The molecule has 26 heavy (non-hydrogen) atoms. The van der Waals surface area contributed by atoms with Gasteiger partial charge in [0.2, 0.25) is 5.91 Å². The summed E-state index contributed by atoms with van der Waals surface area (Å²) in [4.78, 5) is 32.4. The van der Waals surface area contributed by atoms with Crippen LogP contribution >= 0.6 is 0 Å². The molecular formula is C18H14F2N4O2. The zero-order valence-electron chi connectivity index (χ0n) is 13.4. The van der Waals surface area contributed by atoms with E-state index in [1.165, 1.54) is 6.20 Å². The molecule has 1 heterocycles. The average molecular weight is 356 g/mol. The van der Waals surface area contributed by atoms with Crippen molar-refractivity contribution in [2.75, 3.05) is 0 Å². The highest BCUT2D eigenvalue weighted by Crippen LogP contribution is 2.12. The van der Waals surface area contributed by atoms with E-state index in [1.54, 1.807) is 18.2 Å². The normalized spacial score (nSPS) is 11.9. The second-order valence-corrected chi connectivity index (χ2v) is 5.61. The van der Waals surface area contributed by atoms with Gasteiger partial charge in [-0.1, -0.05) is 12.1 Å². The minimum atomic E-state index is -1.12. The van der Waals surface area contributed by atoms with Crippen LogP contribution < -0.4 is 11.1 Å². The third-order valence-electron chi connectivity index (χ3n) is 3.74. The molecule has 0 aliphatic carbocycles. The molecule has 0 saturated heterocycles. The van der Waals surface area contributed by atoms with Crippen molar-refractivity contribution in [2.24, 2.45) is 5.73 Å². The standard InChI is InChI=1S/C18H14F2N4O2/c19-10-5-6-12(13(20)7-10)18(26)24-16(17(21)25)8-11-9-22-14-3-1-2-4-15(14)23-11/h1-7,9,16H,8H2,(H2,21,25)(H,24,26)/t16-/m1/s1. The minimum Gasteiger partial charge on any atom is -0.368 e. The van der Waals surface area contributed by atoms with Crippen molar-refractivity contribution in [1.29, 1.82) is 0 Å². The number of amides is 2. The van der Waals surface area contributed by atoms with Gasteiger partial charge in [0, 0.05) is 18.7 Å². The molecule has 3 N–H and O–H groups in total. The van der Waals surface area contributed by atoms with Crippen molar-refractivity contribution in [3.8, 4) is 0 Å². The molecule has 3 aromatic rings. The second kappa shape index (κ2) is 7.22. The van der Waals surface area contributed by atoms with E-state index in [2.05, 4.69) is 15.3 Å². The molecule has 0 radical (unpaired) electrons. The number of carbonyl (C=O) groups excluding carboxylic acids is 2. The van der Waals surface area contributed by atoms with E-state index < -0.39 is 29.5 Å². The monoisotopic (exact) mass is 356 g/mol. The Morgan fingerprint density at radius 3 is 2.54 bits per heavy atom. The quantitative estimate of drug-likeness (QED) is 0.727. The summed E-state index contributed by atoms with van der Waals surface area (Å²) >= 11 is 0. The van der Waals surface area contributed by atoms with Gasteiger partial charge in [-0.25, -0.2) is 13.8 Å². The van der Waals surface area contributed by atoms with E-state index in [0.29, 0.717) is 22.8 Å². The lowest BCUT2D eigenvalue weighted by atomic mass is 10.1. The summed E-state index contributed by atoms with van der Waals surface area (Å²) in [5.74, 6) is -3.52. The van der Waals surface area contributed by atoms with E-state index in [-0.39, 0.29) is 12.0 Å². The van der Waals surface area contributed by atoms with Crippen LogP contribution in [0, 0.1) is 11.6 Å². The van der Waals surface area contributed by atoms with Gasteiger partial charge in [0.25, 0.3) is 5.91 Å². The van der Waals surface area contributed by atoms with Crippen LogP contribution in [0.4, 0.5) is 8.78 Å². The SMILES string of the molecule is NC(=O)[C@@H](Cc1cnc2ccccc2n1)NC(=O)c1ccc(F)cc1F. The molecule has 1 aromatic heterocycles. The largest absolute Gasteiger partial charge is 0.368 e. The Labute approximate surface area is 147 Å². The van der Waals surface area contributed by atoms with Crippen LogP contribution in [0.3, 0.4) is 0 Å². The van der Waals surface area contributed by atoms with Gasteiger partial charge in [0.05, 0.1) is 22.3 Å². The van der Waals surface area contributed by atoms with Crippen LogP contribution in [0.5, 0.6) is 0 Å². The van der Waals surface area contributed by atoms with Crippen molar-refractivity contribution >= 4 is 22.8 Å². The topological polar surface area (TPSA) is 98.0 Å². The molecule has 0 aliphatic heterocycles. The summed E-state index contributed by atoms with van der Waals surface area (Å²) in [6.07, 6.45) is 1.46. The van der Waals surface area contributed by atoms with Gasteiger partial charge in [-0.2, -0.15) is 0 Å². The van der Waals surface area contributed by atoms with Gasteiger partial charge in [0.15, 0.2) is 0 Å². The molecule has 0 saturated carbocycles. The number of para-hydroxylation sites is 2. The van der Waals surface area contributed by atoms with Crippen molar-refractivity contribution in [3.63, 3.8) is 0 Å². The highest BCUT2D eigenvalue weighted by Gasteiger charge is 2.22. The maximum Gasteiger partial charge on any atom is 0.254 e. The lowest BCUT2D eigenvalue weighted by Crippen LogP contribution is -2.46. The smallest absolute Gasteiger partial charge is 0.254 e. The number of aromatic nitrogens is 2. The number of hydrogen-bond acceptors (Lipinski definition) is 4. The number of benzene rings is 2. The van der Waals surface area contributed by atoms with E-state index in [4.69, 9.17) is 5.73 Å². The summed E-state index contributed by atoms with van der Waals surface area (Å²) in [6.45, 7) is 0. The molecule has 0 unspecified atom stereocenters. The number of nitrogens with two attached hydrogens (primary N) is 1. The van der Waals surface area contributed by atoms with Gasteiger partial charge in [-0.3, -0.25) is 14.6 Å². The number of primary amides is 1. The predicted molar refractivity (Wildman–Crippen MR) is 90.0 cm³/mol. The maximum atomic E-state index is 13.7. The first kappa shape index (κ1) is 17.4. The molecular weight excluding hydrogens is 342 g/mol. The van der Waals surface area contributed by atoms with E-state index >= 15 is 0 Å². The molecule has 0 fully saturated rings. The zero-order chi connectivity index (χ0) is 18.7. The van der Waals surface area contributed by atoms with Crippen molar-refractivity contribution in [3.05, 3.63) is 71.6 Å². The lowest BCUT2D eigenvalue weighted by molar-refractivity contribution is -0.119. The van der Waals surface area contributed by atoms with Crippen molar-refractivity contribution in [1.82, 2.24) is 15.3 Å². The first-order valence-corrected chi connectivity index (χ1v) is 7.70. The van der Waals surface area contributed by atoms with Crippen molar-refractivity contribution in [2.45, 2.75) is 12.5 Å². The number of fused-ring (bicyclic) bond motifs is 1. The Hall–Kier alpha value is -3.42. The van der Waals surface area contributed by atoms with Gasteiger partial charge in [-0.05, 0) is 24.3 Å². The average Bonchev–Trinajstić information content (AvgIpc) is 2.60. The molecule has 0 bridgehead atoms. The van der Waals surface area contributed by atoms with Gasteiger partial charge in [0.1, 0.15) is 17.7 Å². The first-order valence-electron chi connectivity index (χ1n) is 7.70. The molecule has 8 heteroatoms. The second-order valence-electron chi connectivity index (χ2n) is 5.61.